The van der Waals surface area contributed by atoms with E-state index in [1.807, 2.05) is 0 Å². The molecule has 6 heteroatoms. The minimum absolute atomic E-state index is 0.0533. The number of halogens is 4. The van der Waals surface area contributed by atoms with Gasteiger partial charge in [-0.1, -0.05) is 0 Å². The van der Waals surface area contributed by atoms with Crippen molar-refractivity contribution in [3.05, 3.63) is 35.1 Å². The summed E-state index contributed by atoms with van der Waals surface area (Å²) in [4.78, 5) is 13.0. The van der Waals surface area contributed by atoms with E-state index < -0.39 is 23.3 Å². The lowest BCUT2D eigenvalue weighted by Gasteiger charge is -2.11. The Labute approximate surface area is 95.8 Å². The van der Waals surface area contributed by atoms with Crippen molar-refractivity contribution in [2.45, 2.75) is 6.18 Å². The smallest absolute Gasteiger partial charge is 0.302 e. The number of nitrogens with zero attached hydrogens (tertiary/aromatic N) is 1. The number of benzene rings is 1. The van der Waals surface area contributed by atoms with Gasteiger partial charge in [0.25, 0.3) is 0 Å². The van der Waals surface area contributed by atoms with Crippen molar-refractivity contribution in [1.29, 1.82) is 0 Å². The van der Waals surface area contributed by atoms with Crippen LogP contribution in [0.25, 0.3) is 0 Å². The number of hydrogen-bond donors (Lipinski definition) is 0. The van der Waals surface area contributed by atoms with Gasteiger partial charge in [-0.25, -0.2) is 4.39 Å². The second-order valence-corrected chi connectivity index (χ2v) is 3.85. The fourth-order valence-corrected chi connectivity index (χ4v) is 1.29. The summed E-state index contributed by atoms with van der Waals surface area (Å²) in [6.07, 6.45) is -4.61. The summed E-state index contributed by atoms with van der Waals surface area (Å²) in [7, 11) is 3.22. The molecule has 94 valence electrons. The van der Waals surface area contributed by atoms with Crippen LogP contribution in [0.1, 0.15) is 15.9 Å². The highest BCUT2D eigenvalue weighted by Gasteiger charge is 2.31. The predicted octanol–water partition coefficient (Wildman–Crippen LogP) is 2.59. The van der Waals surface area contributed by atoms with Crippen LogP contribution in [-0.2, 0) is 6.18 Å². The van der Waals surface area contributed by atoms with Gasteiger partial charge in [0.2, 0.25) is 0 Å². The minimum atomic E-state index is -4.61. The molecule has 1 rings (SSSR count). The normalized spacial score (nSPS) is 11.9. The summed E-state index contributed by atoms with van der Waals surface area (Å²) in [6.45, 7) is -0.0533. The summed E-state index contributed by atoms with van der Waals surface area (Å²) < 4.78 is 50.1. The molecule has 0 aliphatic rings. The highest BCUT2D eigenvalue weighted by molar-refractivity contribution is 5.97. The van der Waals surface area contributed by atoms with Crippen LogP contribution in [0.15, 0.2) is 18.2 Å². The first kappa shape index (κ1) is 13.6. The van der Waals surface area contributed by atoms with Crippen LogP contribution in [0.5, 0.6) is 0 Å². The Kier molecular flexibility index (Phi) is 3.87. The number of ketones is 1. The Morgan fingerprint density at radius 3 is 2.29 bits per heavy atom. The Balaban J connectivity index is 3.02. The number of alkyl halides is 3. The largest absolute Gasteiger partial charge is 0.416 e. The fraction of sp³-hybridized carbons (Fsp3) is 0.364. The molecule has 0 bridgehead atoms. The van der Waals surface area contributed by atoms with Crippen LogP contribution in [0.3, 0.4) is 0 Å². The molecule has 17 heavy (non-hydrogen) atoms. The molecule has 2 nitrogen and oxygen atoms in total. The van der Waals surface area contributed by atoms with Crippen LogP contribution in [0.2, 0.25) is 0 Å². The van der Waals surface area contributed by atoms with Crippen LogP contribution < -0.4 is 0 Å². The quantitative estimate of drug-likeness (QED) is 0.606. The van der Waals surface area contributed by atoms with E-state index in [1.54, 1.807) is 14.1 Å². The van der Waals surface area contributed by atoms with E-state index in [0.717, 1.165) is 6.07 Å². The maximum atomic E-state index is 13.3. The molecule has 0 saturated carbocycles. The van der Waals surface area contributed by atoms with Crippen molar-refractivity contribution in [1.82, 2.24) is 4.90 Å². The number of rotatable bonds is 3. The second-order valence-electron chi connectivity index (χ2n) is 3.85. The van der Waals surface area contributed by atoms with Gasteiger partial charge in [0.15, 0.2) is 5.78 Å². The maximum Gasteiger partial charge on any atom is 0.416 e. The number of hydrogen-bond acceptors (Lipinski definition) is 2. The molecule has 0 aliphatic heterocycles. The molecule has 0 unspecified atom stereocenters. The molecule has 1 aromatic rings. The van der Waals surface area contributed by atoms with E-state index in [2.05, 4.69) is 0 Å². The summed E-state index contributed by atoms with van der Waals surface area (Å²) in [5.41, 5.74) is -1.43. The van der Waals surface area contributed by atoms with E-state index in [0.29, 0.717) is 12.1 Å². The monoisotopic (exact) mass is 249 g/mol. The third-order valence-electron chi connectivity index (χ3n) is 2.06. The number of likely N-dealkylation sites (N-methyl/N-ethyl adjacent to an activating group) is 1. The fourth-order valence-electron chi connectivity index (χ4n) is 1.29. The highest BCUT2D eigenvalue weighted by atomic mass is 19.4. The van der Waals surface area contributed by atoms with Crippen molar-refractivity contribution in [2.24, 2.45) is 0 Å². The van der Waals surface area contributed by atoms with Gasteiger partial charge >= 0.3 is 6.18 Å². The lowest BCUT2D eigenvalue weighted by Crippen LogP contribution is -2.22. The first-order chi connectivity index (χ1) is 7.71. The van der Waals surface area contributed by atoms with Crippen LogP contribution in [0, 0.1) is 5.82 Å². The SMILES string of the molecule is CN(C)CC(=O)c1ccc(C(F)(F)F)cc1F. The first-order valence-corrected chi connectivity index (χ1v) is 4.76. The molecule has 0 aromatic heterocycles. The van der Waals surface area contributed by atoms with Crippen molar-refractivity contribution < 1.29 is 22.4 Å². The molecule has 0 radical (unpaired) electrons. The van der Waals surface area contributed by atoms with Crippen molar-refractivity contribution in [2.75, 3.05) is 20.6 Å². The van der Waals surface area contributed by atoms with E-state index in [9.17, 15) is 22.4 Å². The Hall–Kier alpha value is -1.43. The van der Waals surface area contributed by atoms with E-state index in [4.69, 9.17) is 0 Å². The third kappa shape index (κ3) is 3.52. The Bertz CT molecular complexity index is 426. The van der Waals surface area contributed by atoms with Crippen LogP contribution >= 0.6 is 0 Å². The second kappa shape index (κ2) is 4.83. The zero-order chi connectivity index (χ0) is 13.2. The molecule has 1 aromatic carbocycles. The van der Waals surface area contributed by atoms with Crippen molar-refractivity contribution >= 4 is 5.78 Å². The molecule has 0 aliphatic carbocycles. The maximum absolute atomic E-state index is 13.3. The summed E-state index contributed by atoms with van der Waals surface area (Å²) >= 11 is 0. The van der Waals surface area contributed by atoms with Crippen LogP contribution in [0.4, 0.5) is 17.6 Å². The van der Waals surface area contributed by atoms with Gasteiger partial charge in [-0.05, 0) is 32.3 Å². The summed E-state index contributed by atoms with van der Waals surface area (Å²) in [6, 6.07) is 1.90. The van der Waals surface area contributed by atoms with E-state index in [-0.39, 0.29) is 12.1 Å². The Morgan fingerprint density at radius 2 is 1.88 bits per heavy atom. The number of carbonyl (C=O) groups excluding carboxylic acids is 1. The topological polar surface area (TPSA) is 20.3 Å². The van der Waals surface area contributed by atoms with Gasteiger partial charge < -0.3 is 4.90 Å². The zero-order valence-corrected chi connectivity index (χ0v) is 9.31. The first-order valence-electron chi connectivity index (χ1n) is 4.76. The lowest BCUT2D eigenvalue weighted by atomic mass is 10.1. The standard InChI is InChI=1S/C11H11F4NO/c1-16(2)6-10(17)8-4-3-7(5-9(8)12)11(13,14)15/h3-5H,6H2,1-2H3. The van der Waals surface area contributed by atoms with Gasteiger partial charge in [0, 0.05) is 0 Å². The summed E-state index contributed by atoms with van der Waals surface area (Å²) in [5.74, 6) is -1.70. The average Bonchev–Trinajstić information content (AvgIpc) is 2.14. The minimum Gasteiger partial charge on any atom is -0.302 e. The number of Topliss-reactive ketones (excluding diaryl/α,β-unsaturated/α-hetero) is 1. The van der Waals surface area contributed by atoms with Crippen molar-refractivity contribution in [3.8, 4) is 0 Å². The van der Waals surface area contributed by atoms with E-state index >= 15 is 0 Å². The van der Waals surface area contributed by atoms with Crippen LogP contribution in [-0.4, -0.2) is 31.3 Å². The number of carbonyl (C=O) groups is 1. The molecule has 0 amide bonds. The molecular formula is C11H11F4NO. The molecule has 0 spiro atoms. The molecule has 0 fully saturated rings. The molecule has 0 saturated heterocycles. The predicted molar refractivity (Wildman–Crippen MR) is 54.3 cm³/mol. The van der Waals surface area contributed by atoms with Gasteiger partial charge in [-0.2, -0.15) is 13.2 Å². The third-order valence-corrected chi connectivity index (χ3v) is 2.06. The van der Waals surface area contributed by atoms with E-state index in [1.165, 1.54) is 4.90 Å². The van der Waals surface area contributed by atoms with Gasteiger partial charge in [0.1, 0.15) is 5.82 Å². The van der Waals surface area contributed by atoms with Crippen molar-refractivity contribution in [3.63, 3.8) is 0 Å². The Morgan fingerprint density at radius 1 is 1.29 bits per heavy atom. The van der Waals surface area contributed by atoms with Gasteiger partial charge in [0.05, 0.1) is 17.7 Å². The summed E-state index contributed by atoms with van der Waals surface area (Å²) in [5, 5.41) is 0. The molecule has 0 atom stereocenters. The van der Waals surface area contributed by atoms with Gasteiger partial charge in [-0.15, -0.1) is 0 Å². The molecule has 0 N–H and O–H groups in total. The zero-order valence-electron chi connectivity index (χ0n) is 9.31. The van der Waals surface area contributed by atoms with Gasteiger partial charge in [-0.3, -0.25) is 4.79 Å². The average molecular weight is 249 g/mol. The molecular weight excluding hydrogens is 238 g/mol. The molecule has 0 heterocycles. The highest BCUT2D eigenvalue weighted by Crippen LogP contribution is 2.30. The lowest BCUT2D eigenvalue weighted by molar-refractivity contribution is -0.137.